The van der Waals surface area contributed by atoms with Gasteiger partial charge in [-0.2, -0.15) is 0 Å². The number of nitrogens with zero attached hydrogens (tertiary/aromatic N) is 4. The fourth-order valence-electron chi connectivity index (χ4n) is 6.03. The molecule has 4 heterocycles. The van der Waals surface area contributed by atoms with Crippen LogP contribution in [0.15, 0.2) is 121 Å². The summed E-state index contributed by atoms with van der Waals surface area (Å²) >= 11 is 1.75. The highest BCUT2D eigenvalue weighted by Gasteiger charge is 2.21. The second-order valence-electron chi connectivity index (χ2n) is 10.1. The van der Waals surface area contributed by atoms with Gasteiger partial charge in [-0.05, 0) is 22.9 Å². The molecule has 0 spiro atoms. The van der Waals surface area contributed by atoms with Crippen molar-refractivity contribution in [1.82, 2.24) is 19.4 Å². The lowest BCUT2D eigenvalue weighted by molar-refractivity contribution is 1.08. The fraction of sp³-hybridized carbons (Fsp3) is 0. The van der Waals surface area contributed by atoms with Gasteiger partial charge in [0, 0.05) is 32.7 Å². The molecule has 9 aromatic rings. The normalized spacial score (nSPS) is 12.0. The Labute approximate surface area is 233 Å². The third kappa shape index (κ3) is 3.04. The van der Waals surface area contributed by atoms with Gasteiger partial charge in [0.1, 0.15) is 4.83 Å². The largest absolute Gasteiger partial charge is 0.299 e. The zero-order valence-electron chi connectivity index (χ0n) is 21.2. The predicted molar refractivity (Wildman–Crippen MR) is 166 cm³/mol. The van der Waals surface area contributed by atoms with Crippen LogP contribution in [0.25, 0.3) is 81.7 Å². The number of hydrogen-bond acceptors (Lipinski definition) is 4. The monoisotopic (exact) mass is 528 g/mol. The van der Waals surface area contributed by atoms with Crippen molar-refractivity contribution in [1.29, 1.82) is 0 Å². The first-order valence-electron chi connectivity index (χ1n) is 13.3. The Balaban J connectivity index is 1.39. The van der Waals surface area contributed by atoms with Crippen LogP contribution in [0, 0.1) is 0 Å². The molecule has 0 saturated heterocycles. The highest BCUT2D eigenvalue weighted by atomic mass is 32.1. The number of pyridine rings is 1. The number of hydrogen-bond donors (Lipinski definition) is 0. The third-order valence-electron chi connectivity index (χ3n) is 7.80. The summed E-state index contributed by atoms with van der Waals surface area (Å²) in [6, 6.07) is 42.4. The smallest absolute Gasteiger partial charge is 0.174 e. The molecule has 0 saturated carbocycles. The van der Waals surface area contributed by atoms with Crippen LogP contribution in [0.5, 0.6) is 0 Å². The molecule has 5 heteroatoms. The third-order valence-corrected chi connectivity index (χ3v) is 8.92. The molecule has 4 aromatic heterocycles. The van der Waals surface area contributed by atoms with Crippen molar-refractivity contribution in [2.75, 3.05) is 0 Å². The maximum Gasteiger partial charge on any atom is 0.174 e. The number of thiophene rings is 1. The topological polar surface area (TPSA) is 43.1 Å². The quantitative estimate of drug-likeness (QED) is 0.230. The maximum absolute atomic E-state index is 5.02. The van der Waals surface area contributed by atoms with Gasteiger partial charge in [0.15, 0.2) is 17.5 Å². The van der Waals surface area contributed by atoms with Crippen molar-refractivity contribution in [3.63, 3.8) is 0 Å². The SMILES string of the molecule is c1ccc(-c2nc(-c3ccccc3)nc(-c3cc4c5cccc6ccc7c8ccccc8n(c4s3)c7c65)n2)cc1. The molecule has 0 N–H and O–H groups in total. The Bertz CT molecular complexity index is 2310. The molecule has 5 aromatic carbocycles. The van der Waals surface area contributed by atoms with Crippen LogP contribution < -0.4 is 0 Å². The summed E-state index contributed by atoms with van der Waals surface area (Å²) in [6.45, 7) is 0. The second kappa shape index (κ2) is 8.18. The zero-order chi connectivity index (χ0) is 26.2. The average Bonchev–Trinajstić information content (AvgIpc) is 3.62. The van der Waals surface area contributed by atoms with Crippen molar-refractivity contribution in [3.8, 4) is 33.5 Å². The molecule has 186 valence electrons. The molecule has 0 fully saturated rings. The highest BCUT2D eigenvalue weighted by molar-refractivity contribution is 7.22. The first-order valence-corrected chi connectivity index (χ1v) is 14.1. The van der Waals surface area contributed by atoms with E-state index >= 15 is 0 Å². The molecule has 0 radical (unpaired) electrons. The van der Waals surface area contributed by atoms with Crippen molar-refractivity contribution < 1.29 is 0 Å². The van der Waals surface area contributed by atoms with Crippen LogP contribution in [0.4, 0.5) is 0 Å². The lowest BCUT2D eigenvalue weighted by Crippen LogP contribution is -1.99. The van der Waals surface area contributed by atoms with Crippen LogP contribution in [0.3, 0.4) is 0 Å². The number of aromatic nitrogens is 4. The fourth-order valence-corrected chi connectivity index (χ4v) is 7.16. The van der Waals surface area contributed by atoms with E-state index in [1.54, 1.807) is 11.3 Å². The molecule has 40 heavy (non-hydrogen) atoms. The van der Waals surface area contributed by atoms with E-state index in [0.29, 0.717) is 17.5 Å². The highest BCUT2D eigenvalue weighted by Crippen LogP contribution is 2.45. The molecule has 0 amide bonds. The Morgan fingerprint density at radius 1 is 0.500 bits per heavy atom. The lowest BCUT2D eigenvalue weighted by Gasteiger charge is -2.09. The molecule has 0 aliphatic heterocycles. The molecule has 4 nitrogen and oxygen atoms in total. The number of benzene rings is 5. The molecular weight excluding hydrogens is 508 g/mol. The van der Waals surface area contributed by atoms with Gasteiger partial charge in [0.2, 0.25) is 0 Å². The van der Waals surface area contributed by atoms with E-state index in [4.69, 9.17) is 15.0 Å². The van der Waals surface area contributed by atoms with Crippen LogP contribution in [0.2, 0.25) is 0 Å². The number of fused-ring (bicyclic) bond motifs is 6. The van der Waals surface area contributed by atoms with E-state index in [1.165, 1.54) is 48.2 Å². The van der Waals surface area contributed by atoms with E-state index < -0.39 is 0 Å². The molecule has 9 rings (SSSR count). The molecule has 0 bridgehead atoms. The summed E-state index contributed by atoms with van der Waals surface area (Å²) in [7, 11) is 0. The van der Waals surface area contributed by atoms with Crippen LogP contribution >= 0.6 is 11.3 Å². The predicted octanol–water partition coefficient (Wildman–Crippen LogP) is 9.24. The molecule has 0 aliphatic rings. The molecule has 0 atom stereocenters. The van der Waals surface area contributed by atoms with Gasteiger partial charge in [-0.3, -0.25) is 4.40 Å². The Kier molecular flexibility index (Phi) is 4.45. The van der Waals surface area contributed by atoms with Gasteiger partial charge in [-0.25, -0.2) is 15.0 Å². The van der Waals surface area contributed by atoms with Gasteiger partial charge in [-0.15, -0.1) is 11.3 Å². The van der Waals surface area contributed by atoms with Crippen molar-refractivity contribution in [3.05, 3.63) is 121 Å². The summed E-state index contributed by atoms with van der Waals surface area (Å²) in [6.07, 6.45) is 0. The summed E-state index contributed by atoms with van der Waals surface area (Å²) in [5.41, 5.74) is 4.44. The second-order valence-corrected chi connectivity index (χ2v) is 11.1. The Hall–Kier alpha value is -5.13. The minimum atomic E-state index is 0.676. The first-order chi connectivity index (χ1) is 19.8. The molecule has 0 aliphatic carbocycles. The van der Waals surface area contributed by atoms with Crippen molar-refractivity contribution in [2.24, 2.45) is 0 Å². The Morgan fingerprint density at radius 2 is 1.15 bits per heavy atom. The van der Waals surface area contributed by atoms with Crippen LogP contribution in [-0.2, 0) is 0 Å². The minimum Gasteiger partial charge on any atom is -0.299 e. The first kappa shape index (κ1) is 21.8. The van der Waals surface area contributed by atoms with Gasteiger partial charge in [0.25, 0.3) is 0 Å². The summed E-state index contributed by atoms with van der Waals surface area (Å²) < 4.78 is 2.45. The van der Waals surface area contributed by atoms with Gasteiger partial charge < -0.3 is 0 Å². The van der Waals surface area contributed by atoms with Crippen molar-refractivity contribution in [2.45, 2.75) is 0 Å². The number of para-hydroxylation sites is 1. The molecule has 0 unspecified atom stereocenters. The van der Waals surface area contributed by atoms with Crippen LogP contribution in [0.1, 0.15) is 0 Å². The summed E-state index contributed by atoms with van der Waals surface area (Å²) in [5, 5.41) is 7.60. The minimum absolute atomic E-state index is 0.676. The maximum atomic E-state index is 5.02. The average molecular weight is 529 g/mol. The Morgan fingerprint density at radius 3 is 1.90 bits per heavy atom. The van der Waals surface area contributed by atoms with E-state index in [9.17, 15) is 0 Å². The van der Waals surface area contributed by atoms with Crippen molar-refractivity contribution >= 4 is 59.5 Å². The van der Waals surface area contributed by atoms with Crippen LogP contribution in [-0.4, -0.2) is 19.4 Å². The number of rotatable bonds is 3. The lowest BCUT2D eigenvalue weighted by atomic mass is 10.0. The molecular formula is C35H20N4S. The van der Waals surface area contributed by atoms with Gasteiger partial charge in [-0.1, -0.05) is 109 Å². The standard InChI is InChI=1S/C35H20N4S/c1-3-10-22(11-4-1)32-36-33(23-12-5-2-6-13-23)38-34(37-32)29-20-27-25-16-9-14-21-18-19-26-24-15-7-8-17-28(24)39(35(27)40-29)31(26)30(21)25/h1-20H. The summed E-state index contributed by atoms with van der Waals surface area (Å²) in [5.74, 6) is 2.04. The van der Waals surface area contributed by atoms with E-state index in [1.807, 2.05) is 60.7 Å². The van der Waals surface area contributed by atoms with E-state index in [0.717, 1.165) is 16.0 Å². The summed E-state index contributed by atoms with van der Waals surface area (Å²) in [4.78, 5) is 17.2. The zero-order valence-corrected chi connectivity index (χ0v) is 22.1. The van der Waals surface area contributed by atoms with Gasteiger partial charge >= 0.3 is 0 Å². The van der Waals surface area contributed by atoms with Gasteiger partial charge in [0.05, 0.1) is 15.9 Å². The van der Waals surface area contributed by atoms with E-state index in [-0.39, 0.29) is 0 Å². The van der Waals surface area contributed by atoms with E-state index in [2.05, 4.69) is 65.1 Å².